The molecule has 2 aliphatic rings. The van der Waals surface area contributed by atoms with Crippen molar-refractivity contribution in [1.29, 1.82) is 0 Å². The Kier molecular flexibility index (Phi) is 1.79. The highest BCUT2D eigenvalue weighted by Crippen LogP contribution is 2.42. The Morgan fingerprint density at radius 3 is 2.96 bits per heavy atom. The molecule has 3 atom stereocenters. The molecule has 132 valence electrons. The fourth-order valence-corrected chi connectivity index (χ4v) is 2.46. The Hall–Kier alpha value is -1.55. The van der Waals surface area contributed by atoms with E-state index in [1.54, 1.807) is 0 Å². The van der Waals surface area contributed by atoms with Gasteiger partial charge in [-0.2, -0.15) is 0 Å². The molecule has 0 N–H and O–H groups in total. The molecule has 0 saturated carbocycles. The fraction of sp³-hybridized carbons (Fsp3) is 0.650. The van der Waals surface area contributed by atoms with Crippen LogP contribution in [0.15, 0.2) is 12.1 Å². The lowest BCUT2D eigenvalue weighted by Gasteiger charge is -2.43. The monoisotopic (exact) mass is 348 g/mol. The van der Waals surface area contributed by atoms with Crippen LogP contribution in [-0.2, 0) is 11.2 Å². The zero-order valence-corrected chi connectivity index (χ0v) is 13.5. The molecule has 3 rings (SSSR count). The predicted octanol–water partition coefficient (Wildman–Crippen LogP) is 3.63. The largest absolute Gasteiger partial charge is 0.493 e. The quantitative estimate of drug-likeness (QED) is 0.814. The van der Waals surface area contributed by atoms with E-state index in [0.717, 1.165) is 14.2 Å². The van der Waals surface area contributed by atoms with E-state index in [1.165, 1.54) is 0 Å². The standard InChI is InChI=1S/C20H29NO3/c1-5-13(2)8-15-12-21-7-6-14-9-19(23-3)20(24-4)10-16(14)17(21)11-18(15)22/h9-10,13,15,17H,5-8,11-12H2,1-4H3/i2D3,5D2,6D2,7D2,8D2,9D,10D,11D2,13D,15D. The average Bonchev–Trinajstić information content (AvgIpc) is 2.80. The van der Waals surface area contributed by atoms with Crippen molar-refractivity contribution in [1.82, 2.24) is 4.90 Å². The first-order valence-corrected chi connectivity index (χ1v) is 7.16. The van der Waals surface area contributed by atoms with Crippen LogP contribution in [0.25, 0.3) is 0 Å². The molecule has 4 nitrogen and oxygen atoms in total. The molecule has 3 unspecified atom stereocenters. The smallest absolute Gasteiger partial charge is 0.161 e. The topological polar surface area (TPSA) is 38.8 Å². The number of rotatable bonds is 5. The lowest BCUT2D eigenvalue weighted by molar-refractivity contribution is -0.129. The first-order valence-electron chi connectivity index (χ1n) is 15.7. The Balaban J connectivity index is 2.48. The second-order valence-electron chi connectivity index (χ2n) is 5.07. The number of piperidine rings is 1. The minimum absolute atomic E-state index is 0.274. The third-order valence-corrected chi connectivity index (χ3v) is 3.68. The van der Waals surface area contributed by atoms with Gasteiger partial charge in [0.05, 0.1) is 17.0 Å². The maximum Gasteiger partial charge on any atom is 0.161 e. The molecule has 1 saturated heterocycles. The van der Waals surface area contributed by atoms with E-state index in [0.29, 0.717) is 6.92 Å². The molecule has 1 fully saturated rings. The summed E-state index contributed by atoms with van der Waals surface area (Å²) in [4.78, 5) is 14.1. The maximum atomic E-state index is 13.8. The number of carbonyl (C=O) groups is 1. The Labute approximate surface area is 169 Å². The maximum absolute atomic E-state index is 13.8. The van der Waals surface area contributed by atoms with Gasteiger partial charge in [0.2, 0.25) is 0 Å². The lowest BCUT2D eigenvalue weighted by atomic mass is 9.79. The summed E-state index contributed by atoms with van der Waals surface area (Å²) in [5.41, 5.74) is -1.54. The number of Topliss-reactive ketones (excluding diaryl/α,β-unsaturated/α-hetero) is 1. The molecule has 1 aromatic carbocycles. The Bertz CT molecular complexity index is 1260. The lowest BCUT2D eigenvalue weighted by Crippen LogP contribution is -2.46. The van der Waals surface area contributed by atoms with Gasteiger partial charge in [-0.25, -0.2) is 0 Å². The molecule has 0 radical (unpaired) electrons. The van der Waals surface area contributed by atoms with E-state index in [9.17, 15) is 4.79 Å². The fourth-order valence-electron chi connectivity index (χ4n) is 2.46. The molecule has 4 heteroatoms. The van der Waals surface area contributed by atoms with Crippen molar-refractivity contribution < 1.29 is 37.6 Å². The summed E-state index contributed by atoms with van der Waals surface area (Å²) in [6, 6.07) is -3.83. The van der Waals surface area contributed by atoms with Crippen LogP contribution in [0.5, 0.6) is 11.5 Å². The zero-order valence-electron chi connectivity index (χ0n) is 30.5. The van der Waals surface area contributed by atoms with Crippen LogP contribution in [-0.4, -0.2) is 37.9 Å². The number of hydrogen-bond acceptors (Lipinski definition) is 4. The summed E-state index contributed by atoms with van der Waals surface area (Å²) in [5.74, 6) is -10.5. The van der Waals surface area contributed by atoms with Gasteiger partial charge in [0.1, 0.15) is 5.78 Å². The Morgan fingerprint density at radius 1 is 1.54 bits per heavy atom. The second kappa shape index (κ2) is 7.14. The zero-order chi connectivity index (χ0) is 32.3. The van der Waals surface area contributed by atoms with Gasteiger partial charge in [0.15, 0.2) is 11.5 Å². The molecule has 24 heavy (non-hydrogen) atoms. The van der Waals surface area contributed by atoms with E-state index < -0.39 is 104 Å². The van der Waals surface area contributed by atoms with Crippen LogP contribution in [0.4, 0.5) is 0 Å². The third kappa shape index (κ3) is 3.16. The summed E-state index contributed by atoms with van der Waals surface area (Å²) >= 11 is 0. The number of carbonyl (C=O) groups excluding carboxylic acids is 1. The van der Waals surface area contributed by atoms with Gasteiger partial charge in [0, 0.05) is 51.9 Å². The molecule has 0 spiro atoms. The van der Waals surface area contributed by atoms with Crippen LogP contribution in [0.2, 0.25) is 0 Å². The van der Waals surface area contributed by atoms with Gasteiger partial charge in [-0.3, -0.25) is 9.69 Å². The summed E-state index contributed by atoms with van der Waals surface area (Å²) in [6.45, 7) is -8.25. The van der Waals surface area contributed by atoms with Crippen molar-refractivity contribution in [3.05, 3.63) is 23.2 Å². The van der Waals surface area contributed by atoms with Crippen molar-refractivity contribution in [2.45, 2.75) is 45.3 Å². The van der Waals surface area contributed by atoms with Crippen LogP contribution >= 0.6 is 0 Å². The number of methoxy groups -OCH3 is 2. The molecule has 0 aromatic heterocycles. The van der Waals surface area contributed by atoms with Gasteiger partial charge in [-0.1, -0.05) is 20.1 Å². The van der Waals surface area contributed by atoms with Gasteiger partial charge in [-0.05, 0) is 41.9 Å². The second-order valence-corrected chi connectivity index (χ2v) is 5.07. The average molecular weight is 349 g/mol. The van der Waals surface area contributed by atoms with Crippen molar-refractivity contribution in [2.24, 2.45) is 11.8 Å². The predicted molar refractivity (Wildman–Crippen MR) is 94.8 cm³/mol. The molecule has 0 amide bonds. The number of hydrogen-bond donors (Lipinski definition) is 0. The summed E-state index contributed by atoms with van der Waals surface area (Å²) in [6.07, 6.45) is -14.2. The molecule has 0 bridgehead atoms. The number of ketones is 1. The number of fused-ring (bicyclic) bond motifs is 3. The number of nitrogens with zero attached hydrogens (tertiary/aromatic N) is 1. The molecular formula is C20H29NO3. The SMILES string of the molecule is [2H]c1c(OC)c(OC)c([2H])c2c1C1N(CC([2H])(C([2H])([2H])C([2H])(C([2H])([2H])[2H])C([2H])([2H])C)C(=O)C1([2H])[2H])C([2H])([2H])C2([2H])[2H]. The highest BCUT2D eigenvalue weighted by Gasteiger charge is 2.38. The van der Waals surface area contributed by atoms with Crippen molar-refractivity contribution in [3.63, 3.8) is 0 Å². The van der Waals surface area contributed by atoms with E-state index in [2.05, 4.69) is 0 Å². The van der Waals surface area contributed by atoms with Crippen LogP contribution in [0, 0.1) is 11.8 Å². The first-order chi connectivity index (χ1) is 18.1. The third-order valence-electron chi connectivity index (χ3n) is 3.68. The number of ether oxygens (including phenoxy) is 2. The Morgan fingerprint density at radius 2 is 2.29 bits per heavy atom. The summed E-state index contributed by atoms with van der Waals surface area (Å²) in [7, 11) is 2.15. The van der Waals surface area contributed by atoms with E-state index >= 15 is 0 Å². The molecule has 2 heterocycles. The van der Waals surface area contributed by atoms with Gasteiger partial charge in [0.25, 0.3) is 0 Å². The van der Waals surface area contributed by atoms with Crippen molar-refractivity contribution >= 4 is 5.78 Å². The van der Waals surface area contributed by atoms with Crippen molar-refractivity contribution in [3.8, 4) is 11.5 Å². The molecule has 2 aliphatic heterocycles. The molecule has 0 aliphatic carbocycles. The summed E-state index contributed by atoms with van der Waals surface area (Å²) in [5, 5.41) is 0. The summed E-state index contributed by atoms with van der Waals surface area (Å²) < 4.78 is 154. The van der Waals surface area contributed by atoms with Crippen LogP contribution < -0.4 is 9.47 Å². The van der Waals surface area contributed by atoms with Gasteiger partial charge < -0.3 is 9.47 Å². The highest BCUT2D eigenvalue weighted by molar-refractivity contribution is 5.83. The van der Waals surface area contributed by atoms with E-state index in [-0.39, 0.29) is 4.90 Å². The normalized spacial score (nSPS) is 47.7. The van der Waals surface area contributed by atoms with Gasteiger partial charge in [-0.15, -0.1) is 0 Å². The minimum Gasteiger partial charge on any atom is -0.493 e. The molecule has 1 aromatic rings. The van der Waals surface area contributed by atoms with Crippen LogP contribution in [0.3, 0.4) is 0 Å². The first kappa shape index (κ1) is 6.01. The highest BCUT2D eigenvalue weighted by atomic mass is 16.5. The van der Waals surface area contributed by atoms with Gasteiger partial charge >= 0.3 is 0 Å². The van der Waals surface area contributed by atoms with E-state index in [1.807, 2.05) is 0 Å². The van der Waals surface area contributed by atoms with Crippen LogP contribution in [0.1, 0.15) is 73.4 Å². The minimum atomic E-state index is -4.04. The van der Waals surface area contributed by atoms with Crippen molar-refractivity contribution in [2.75, 3.05) is 27.3 Å². The van der Waals surface area contributed by atoms with E-state index in [4.69, 9.17) is 32.8 Å². The number of benzene rings is 1. The molecular weight excluding hydrogens is 302 g/mol.